The first-order chi connectivity index (χ1) is 9.24. The van der Waals surface area contributed by atoms with Crippen LogP contribution in [-0.4, -0.2) is 47.4 Å². The van der Waals surface area contributed by atoms with E-state index >= 15 is 0 Å². The number of rotatable bonds is 2. The molecule has 2 unspecified atom stereocenters. The third-order valence-corrected chi connectivity index (χ3v) is 3.74. The molecule has 1 aliphatic heterocycles. The van der Waals surface area contributed by atoms with Crippen molar-refractivity contribution in [2.24, 2.45) is 5.92 Å². The maximum atomic E-state index is 13.9. The van der Waals surface area contributed by atoms with Gasteiger partial charge in [-0.1, -0.05) is 0 Å². The fourth-order valence-corrected chi connectivity index (χ4v) is 3.07. The minimum absolute atomic E-state index is 0.214. The molecule has 0 aromatic carbocycles. The molecule has 20 heavy (non-hydrogen) atoms. The molecule has 0 radical (unpaired) electrons. The number of piperidine rings is 1. The van der Waals surface area contributed by atoms with Gasteiger partial charge in [-0.3, -0.25) is 4.90 Å². The highest BCUT2D eigenvalue weighted by atomic mass is 19.1. The maximum Gasteiger partial charge on any atom is 0.411 e. The van der Waals surface area contributed by atoms with Crippen molar-refractivity contribution in [2.45, 2.75) is 64.4 Å². The van der Waals surface area contributed by atoms with Crippen LogP contribution in [0.1, 0.15) is 40.5 Å². The number of likely N-dealkylation sites (tertiary alicyclic amines) is 1. The van der Waals surface area contributed by atoms with E-state index in [0.717, 1.165) is 0 Å². The molecule has 4 atom stereocenters. The minimum Gasteiger partial charge on any atom is -0.464 e. The highest BCUT2D eigenvalue weighted by molar-refractivity contribution is 5.83. The van der Waals surface area contributed by atoms with Gasteiger partial charge in [0.25, 0.3) is 0 Å². The van der Waals surface area contributed by atoms with Gasteiger partial charge in [0.15, 0.2) is 0 Å². The average Bonchev–Trinajstić information content (AvgIpc) is 2.82. The van der Waals surface area contributed by atoms with Gasteiger partial charge in [0.2, 0.25) is 0 Å². The normalized spacial score (nSPS) is 32.4. The molecular weight excluding hydrogens is 265 g/mol. The number of carbonyl (C=O) groups excluding carboxylic acids is 2. The van der Waals surface area contributed by atoms with Gasteiger partial charge in [0, 0.05) is 12.0 Å². The Labute approximate surface area is 118 Å². The number of hydrogen-bond acceptors (Lipinski definition) is 4. The number of amides is 1. The van der Waals surface area contributed by atoms with Gasteiger partial charge < -0.3 is 9.47 Å². The smallest absolute Gasteiger partial charge is 0.411 e. The molecule has 2 aliphatic rings. The topological polar surface area (TPSA) is 55.8 Å². The molecule has 6 heteroatoms. The predicted octanol–water partition coefficient (Wildman–Crippen LogP) is 2.29. The Morgan fingerprint density at radius 1 is 1.30 bits per heavy atom. The van der Waals surface area contributed by atoms with Crippen LogP contribution in [0.4, 0.5) is 9.18 Å². The van der Waals surface area contributed by atoms with Crippen molar-refractivity contribution in [3.63, 3.8) is 0 Å². The van der Waals surface area contributed by atoms with Gasteiger partial charge in [-0.25, -0.2) is 14.0 Å². The third-order valence-electron chi connectivity index (χ3n) is 3.74. The van der Waals surface area contributed by atoms with Crippen LogP contribution in [0.2, 0.25) is 0 Å². The highest BCUT2D eigenvalue weighted by Gasteiger charge is 2.57. The number of ether oxygens (including phenoxy) is 2. The molecule has 2 fully saturated rings. The monoisotopic (exact) mass is 287 g/mol. The largest absolute Gasteiger partial charge is 0.464 e. The van der Waals surface area contributed by atoms with Crippen LogP contribution in [0.15, 0.2) is 0 Å². The average molecular weight is 287 g/mol. The van der Waals surface area contributed by atoms with Crippen LogP contribution in [-0.2, 0) is 14.3 Å². The summed E-state index contributed by atoms with van der Waals surface area (Å²) >= 11 is 0. The Hall–Kier alpha value is -1.33. The molecule has 1 saturated heterocycles. The number of halogens is 1. The Morgan fingerprint density at radius 2 is 1.95 bits per heavy atom. The summed E-state index contributed by atoms with van der Waals surface area (Å²) in [5.41, 5.74) is -0.646. The standard InChI is InChI=1S/C14H22FNO4/c1-5-19-12(17)11-9-6-8(7-10(9)15)16(11)13(18)20-14(2,3)4/h8-11H,5-7H2,1-4H3/t8?,9?,10-,11-/m1/s1. The molecule has 0 aromatic rings. The van der Waals surface area contributed by atoms with E-state index in [1.807, 2.05) is 0 Å². The number of carbonyl (C=O) groups is 2. The van der Waals surface area contributed by atoms with E-state index in [2.05, 4.69) is 0 Å². The quantitative estimate of drug-likeness (QED) is 0.731. The molecule has 2 rings (SSSR count). The van der Waals surface area contributed by atoms with Crippen molar-refractivity contribution in [2.75, 3.05) is 6.61 Å². The zero-order valence-corrected chi connectivity index (χ0v) is 12.4. The van der Waals surface area contributed by atoms with Crippen molar-refractivity contribution in [3.05, 3.63) is 0 Å². The highest BCUT2D eigenvalue weighted by Crippen LogP contribution is 2.45. The molecule has 1 saturated carbocycles. The van der Waals surface area contributed by atoms with Gasteiger partial charge in [-0.05, 0) is 40.5 Å². The second-order valence-electron chi connectivity index (χ2n) is 6.39. The fourth-order valence-electron chi connectivity index (χ4n) is 3.07. The molecule has 1 amide bonds. The number of alkyl halides is 1. The van der Waals surface area contributed by atoms with Crippen molar-refractivity contribution < 1.29 is 23.5 Å². The summed E-state index contributed by atoms with van der Waals surface area (Å²) in [7, 11) is 0. The van der Waals surface area contributed by atoms with Gasteiger partial charge in [-0.2, -0.15) is 0 Å². The lowest BCUT2D eigenvalue weighted by Crippen LogP contribution is -2.53. The Bertz CT molecular complexity index is 406. The second-order valence-corrected chi connectivity index (χ2v) is 6.39. The van der Waals surface area contributed by atoms with Crippen molar-refractivity contribution in [1.29, 1.82) is 0 Å². The Morgan fingerprint density at radius 3 is 2.50 bits per heavy atom. The molecule has 5 nitrogen and oxygen atoms in total. The lowest BCUT2D eigenvalue weighted by Gasteiger charge is -2.36. The molecule has 0 spiro atoms. The first kappa shape index (κ1) is 15.1. The van der Waals surface area contributed by atoms with E-state index in [-0.39, 0.29) is 19.1 Å². The van der Waals surface area contributed by atoms with Gasteiger partial charge in [-0.15, -0.1) is 0 Å². The SMILES string of the molecule is CCOC(=O)[C@H]1C2CC(C[C@H]2F)N1C(=O)OC(C)(C)C. The van der Waals surface area contributed by atoms with Crippen LogP contribution in [0.25, 0.3) is 0 Å². The van der Waals surface area contributed by atoms with Crippen molar-refractivity contribution in [3.8, 4) is 0 Å². The van der Waals surface area contributed by atoms with E-state index in [4.69, 9.17) is 9.47 Å². The van der Waals surface area contributed by atoms with Gasteiger partial charge in [0.1, 0.15) is 17.8 Å². The van der Waals surface area contributed by atoms with Crippen molar-refractivity contribution in [1.82, 2.24) is 4.90 Å². The molecule has 0 aromatic heterocycles. The number of fused-ring (bicyclic) bond motifs is 2. The lowest BCUT2D eigenvalue weighted by atomic mass is 9.97. The van der Waals surface area contributed by atoms with Crippen LogP contribution in [0.5, 0.6) is 0 Å². The van der Waals surface area contributed by atoms with E-state index in [1.54, 1.807) is 27.7 Å². The van der Waals surface area contributed by atoms with Gasteiger partial charge in [0.05, 0.1) is 6.61 Å². The zero-order valence-electron chi connectivity index (χ0n) is 12.4. The summed E-state index contributed by atoms with van der Waals surface area (Å²) in [5, 5.41) is 0. The summed E-state index contributed by atoms with van der Waals surface area (Å²) in [5.74, 6) is -1.00. The van der Waals surface area contributed by atoms with Gasteiger partial charge >= 0.3 is 12.1 Å². The third kappa shape index (κ3) is 2.74. The van der Waals surface area contributed by atoms with Crippen LogP contribution in [0, 0.1) is 5.92 Å². The maximum absolute atomic E-state index is 13.9. The Kier molecular flexibility index (Phi) is 3.93. The fraction of sp³-hybridized carbons (Fsp3) is 0.857. The van der Waals surface area contributed by atoms with Crippen molar-refractivity contribution >= 4 is 12.1 Å². The molecular formula is C14H22FNO4. The molecule has 2 bridgehead atoms. The Balaban J connectivity index is 2.17. The van der Waals surface area contributed by atoms with Crippen LogP contribution >= 0.6 is 0 Å². The molecule has 1 aliphatic carbocycles. The number of nitrogens with zero attached hydrogens (tertiary/aromatic N) is 1. The summed E-state index contributed by atoms with van der Waals surface area (Å²) < 4.78 is 24.2. The molecule has 1 heterocycles. The van der Waals surface area contributed by atoms with E-state index < -0.39 is 35.8 Å². The zero-order chi connectivity index (χ0) is 15.1. The van der Waals surface area contributed by atoms with Crippen LogP contribution < -0.4 is 0 Å². The molecule has 0 N–H and O–H groups in total. The van der Waals surface area contributed by atoms with E-state index in [9.17, 15) is 14.0 Å². The summed E-state index contributed by atoms with van der Waals surface area (Å²) in [6.07, 6.45) is -0.827. The molecule has 114 valence electrons. The van der Waals surface area contributed by atoms with E-state index in [0.29, 0.717) is 6.42 Å². The number of esters is 1. The predicted molar refractivity (Wildman–Crippen MR) is 69.9 cm³/mol. The minimum atomic E-state index is -1.05. The van der Waals surface area contributed by atoms with Crippen LogP contribution in [0.3, 0.4) is 0 Å². The summed E-state index contributed by atoms with van der Waals surface area (Å²) in [6.45, 7) is 7.19. The first-order valence-corrected chi connectivity index (χ1v) is 7.06. The van der Waals surface area contributed by atoms with E-state index in [1.165, 1.54) is 4.90 Å². The lowest BCUT2D eigenvalue weighted by molar-refractivity contribution is -0.152. The summed E-state index contributed by atoms with van der Waals surface area (Å²) in [4.78, 5) is 25.7. The number of hydrogen-bond donors (Lipinski definition) is 0. The summed E-state index contributed by atoms with van der Waals surface area (Å²) in [6, 6.07) is -1.11. The second kappa shape index (κ2) is 5.22. The first-order valence-electron chi connectivity index (χ1n) is 7.06.